The first-order valence-electron chi connectivity index (χ1n) is 4.37. The zero-order valence-electron chi connectivity index (χ0n) is 8.31. The molecule has 15 heavy (non-hydrogen) atoms. The van der Waals surface area contributed by atoms with Crippen LogP contribution in [0.1, 0.15) is 9.67 Å². The number of ketones is 1. The van der Waals surface area contributed by atoms with Gasteiger partial charge in [-0.3, -0.25) is 4.79 Å². The molecule has 1 aromatic heterocycles. The largest absolute Gasteiger partial charge is 1.00 e. The molecular weight excluding hydrogens is 276 g/mol. The van der Waals surface area contributed by atoms with Crippen LogP contribution in [0, 0.1) is 6.20 Å². The molecule has 0 N–H and O–H groups in total. The molecule has 0 amide bonds. The van der Waals surface area contributed by atoms with Crippen LogP contribution in [0.2, 0.25) is 0 Å². The molecule has 3 nitrogen and oxygen atoms in total. The third-order valence-corrected chi connectivity index (χ3v) is 2.91. The van der Waals surface area contributed by atoms with E-state index in [1.807, 2.05) is 40.6 Å². The van der Waals surface area contributed by atoms with Crippen LogP contribution in [0.15, 0.2) is 23.7 Å². The fourth-order valence-corrected chi connectivity index (χ4v) is 1.99. The molecule has 0 spiro atoms. The number of halogens is 1. The Morgan fingerprint density at radius 1 is 1.67 bits per heavy atom. The summed E-state index contributed by atoms with van der Waals surface area (Å²) in [6.45, 7) is 1.19. The number of carbonyl (C=O) groups excluding carboxylic acids is 1. The quantitative estimate of drug-likeness (QED) is 0.495. The Kier molecular flexibility index (Phi) is 4.27. The lowest BCUT2D eigenvalue weighted by molar-refractivity contribution is -0.0000110. The van der Waals surface area contributed by atoms with Gasteiger partial charge < -0.3 is 21.9 Å². The van der Waals surface area contributed by atoms with Crippen molar-refractivity contribution in [2.24, 2.45) is 0 Å². The van der Waals surface area contributed by atoms with Crippen molar-refractivity contribution in [1.82, 2.24) is 9.80 Å². The van der Waals surface area contributed by atoms with Gasteiger partial charge in [-0.1, -0.05) is 6.07 Å². The van der Waals surface area contributed by atoms with Crippen molar-refractivity contribution in [3.63, 3.8) is 0 Å². The fraction of sp³-hybridized carbons (Fsp3) is 0.300. The zero-order valence-corrected chi connectivity index (χ0v) is 10.7. The molecule has 0 bridgehead atoms. The summed E-state index contributed by atoms with van der Waals surface area (Å²) in [4.78, 5) is 16.4. The highest BCUT2D eigenvalue weighted by atomic mass is 79.9. The van der Waals surface area contributed by atoms with Gasteiger partial charge in [0.2, 0.25) is 0 Å². The minimum absolute atomic E-state index is 0. The predicted molar refractivity (Wildman–Crippen MR) is 55.8 cm³/mol. The molecule has 0 unspecified atom stereocenters. The molecular formula is C10H11BrN2OS. The molecule has 1 aliphatic heterocycles. The summed E-state index contributed by atoms with van der Waals surface area (Å²) in [6.07, 6.45) is 4.83. The fourth-order valence-electron chi connectivity index (χ4n) is 1.33. The standard InChI is InChI=1S/C10H11N2OS.BrH/c1-11-4-5-12(8-11)7-9(13)10-3-2-6-14-10;/h2-3,5-6H,7-8H2,1H3;1H/q+1;/p-1. The summed E-state index contributed by atoms with van der Waals surface area (Å²) in [7, 11) is 1.94. The summed E-state index contributed by atoms with van der Waals surface area (Å²) in [5.74, 6) is 0.174. The maximum Gasteiger partial charge on any atom is 0.391 e. The highest BCUT2D eigenvalue weighted by Gasteiger charge is 2.23. The normalized spacial score (nSPS) is 13.7. The van der Waals surface area contributed by atoms with Gasteiger partial charge in [-0.2, -0.15) is 4.90 Å². The van der Waals surface area contributed by atoms with E-state index in [0.29, 0.717) is 6.54 Å². The number of rotatable bonds is 3. The molecule has 0 fully saturated rings. The first kappa shape index (κ1) is 12.2. The smallest absolute Gasteiger partial charge is 0.391 e. The zero-order chi connectivity index (χ0) is 9.97. The Bertz CT molecular complexity index is 350. The van der Waals surface area contributed by atoms with Gasteiger partial charge in [0, 0.05) is 0 Å². The van der Waals surface area contributed by atoms with Crippen molar-refractivity contribution in [2.45, 2.75) is 0 Å². The minimum atomic E-state index is 0. The number of carbonyl (C=O) groups is 1. The lowest BCUT2D eigenvalue weighted by Gasteiger charge is -2.09. The van der Waals surface area contributed by atoms with Crippen molar-refractivity contribution >= 4 is 17.1 Å². The lowest BCUT2D eigenvalue weighted by atomic mass is 10.3. The second-order valence-electron chi connectivity index (χ2n) is 3.24. The Labute approximate surface area is 104 Å². The lowest BCUT2D eigenvalue weighted by Crippen LogP contribution is -3.00. The van der Waals surface area contributed by atoms with Crippen molar-refractivity contribution in [1.29, 1.82) is 0 Å². The Morgan fingerprint density at radius 3 is 3.00 bits per heavy atom. The van der Waals surface area contributed by atoms with Gasteiger partial charge in [0.1, 0.15) is 6.67 Å². The van der Waals surface area contributed by atoms with Gasteiger partial charge in [-0.25, -0.2) is 0 Å². The Hall–Kier alpha value is -0.900. The van der Waals surface area contributed by atoms with E-state index in [0.717, 1.165) is 11.5 Å². The molecule has 2 rings (SSSR count). The summed E-state index contributed by atoms with van der Waals surface area (Å²) >= 11 is 1.49. The average molecular weight is 287 g/mol. The number of nitrogens with zero attached hydrogens (tertiary/aromatic N) is 2. The van der Waals surface area contributed by atoms with E-state index in [4.69, 9.17) is 0 Å². The third kappa shape index (κ3) is 3.02. The van der Waals surface area contributed by atoms with E-state index in [-0.39, 0.29) is 22.8 Å². The maximum absolute atomic E-state index is 11.7. The predicted octanol–water partition coefficient (Wildman–Crippen LogP) is -1.59. The second-order valence-corrected chi connectivity index (χ2v) is 4.19. The first-order chi connectivity index (χ1) is 6.75. The molecule has 5 heteroatoms. The molecule has 0 radical (unpaired) electrons. The summed E-state index contributed by atoms with van der Waals surface area (Å²) < 4.78 is 0. The Balaban J connectivity index is 0.00000112. The van der Waals surface area contributed by atoms with E-state index >= 15 is 0 Å². The van der Waals surface area contributed by atoms with Crippen LogP contribution >= 0.6 is 11.3 Å². The van der Waals surface area contributed by atoms with E-state index in [1.54, 1.807) is 0 Å². The molecule has 0 saturated carbocycles. The molecule has 1 aliphatic rings. The number of thiophene rings is 1. The third-order valence-electron chi connectivity index (χ3n) is 2.00. The van der Waals surface area contributed by atoms with Crippen LogP contribution in [0.25, 0.3) is 0 Å². The van der Waals surface area contributed by atoms with Crippen LogP contribution in [-0.4, -0.2) is 35.8 Å². The van der Waals surface area contributed by atoms with Crippen LogP contribution in [0.4, 0.5) is 0 Å². The molecule has 1 aromatic rings. The monoisotopic (exact) mass is 286 g/mol. The minimum Gasteiger partial charge on any atom is -1.00 e. The van der Waals surface area contributed by atoms with Gasteiger partial charge in [0.05, 0.1) is 18.5 Å². The van der Waals surface area contributed by atoms with E-state index in [1.165, 1.54) is 11.3 Å². The van der Waals surface area contributed by atoms with Crippen LogP contribution in [0.5, 0.6) is 0 Å². The van der Waals surface area contributed by atoms with Gasteiger partial charge in [0.25, 0.3) is 6.20 Å². The molecule has 0 atom stereocenters. The topological polar surface area (TPSA) is 23.6 Å². The number of Topliss-reactive ketones (excluding diaryl/α,β-unsaturated/α-hetero) is 1. The van der Waals surface area contributed by atoms with E-state index in [9.17, 15) is 4.79 Å². The Morgan fingerprint density at radius 2 is 2.47 bits per heavy atom. The van der Waals surface area contributed by atoms with Gasteiger partial charge in [-0.05, 0) is 11.4 Å². The molecule has 2 heterocycles. The molecule has 80 valence electrons. The van der Waals surface area contributed by atoms with Gasteiger partial charge in [-0.15, -0.1) is 11.3 Å². The SMILES string of the molecule is CN1[C+]=CN(CC(=O)c2cccs2)C1.[Br-]. The highest BCUT2D eigenvalue weighted by molar-refractivity contribution is 7.12. The summed E-state index contributed by atoms with van der Waals surface area (Å²) in [5, 5.41) is 1.92. The molecule has 0 saturated heterocycles. The van der Waals surface area contributed by atoms with Crippen molar-refractivity contribution in [2.75, 3.05) is 20.3 Å². The summed E-state index contributed by atoms with van der Waals surface area (Å²) in [6, 6.07) is 3.76. The van der Waals surface area contributed by atoms with E-state index in [2.05, 4.69) is 6.20 Å². The average Bonchev–Trinajstić information content (AvgIpc) is 2.75. The van der Waals surface area contributed by atoms with Crippen LogP contribution in [-0.2, 0) is 0 Å². The number of hydrogen-bond donors (Lipinski definition) is 0. The summed E-state index contributed by atoms with van der Waals surface area (Å²) in [5.41, 5.74) is 0. The van der Waals surface area contributed by atoms with Gasteiger partial charge in [0.15, 0.2) is 5.78 Å². The van der Waals surface area contributed by atoms with Crippen molar-refractivity contribution in [3.05, 3.63) is 34.8 Å². The number of hydrogen-bond acceptors (Lipinski definition) is 4. The maximum atomic E-state index is 11.7. The van der Waals surface area contributed by atoms with Crippen molar-refractivity contribution < 1.29 is 21.8 Å². The molecule has 0 aliphatic carbocycles. The van der Waals surface area contributed by atoms with E-state index < -0.39 is 0 Å². The van der Waals surface area contributed by atoms with Gasteiger partial charge >= 0.3 is 6.20 Å². The first-order valence-corrected chi connectivity index (χ1v) is 5.25. The molecule has 0 aromatic carbocycles. The van der Waals surface area contributed by atoms with Crippen molar-refractivity contribution in [3.8, 4) is 0 Å². The van der Waals surface area contributed by atoms with Crippen LogP contribution < -0.4 is 17.0 Å². The van der Waals surface area contributed by atoms with Crippen LogP contribution in [0.3, 0.4) is 0 Å². The second kappa shape index (κ2) is 5.26. The highest BCUT2D eigenvalue weighted by Crippen LogP contribution is 2.11.